The first-order chi connectivity index (χ1) is 17.9. The number of hydrogen-bond acceptors (Lipinski definition) is 6. The highest BCUT2D eigenvalue weighted by Gasteiger charge is 2.25. The number of hydrogen-bond donors (Lipinski definition) is 2. The largest absolute Gasteiger partial charge is 0.497 e. The average Bonchev–Trinajstić information content (AvgIpc) is 3.36. The zero-order valence-electron chi connectivity index (χ0n) is 21.5. The van der Waals surface area contributed by atoms with Crippen molar-refractivity contribution in [1.29, 1.82) is 0 Å². The summed E-state index contributed by atoms with van der Waals surface area (Å²) in [5, 5.41) is 13.2. The van der Waals surface area contributed by atoms with Gasteiger partial charge in [-0.1, -0.05) is 38.0 Å². The molecule has 1 aromatic heterocycles. The number of aryl methyl sites for hydroxylation is 1. The SMILES string of the molecule is CCCCC(CN[C@@H](C(=O)O)c1ccc2c(c1)OCO2)n1cc(C)cc(Cc2ccc(OC)cc2)c1=O. The second-order valence-electron chi connectivity index (χ2n) is 9.37. The fourth-order valence-corrected chi connectivity index (χ4v) is 4.65. The molecule has 1 aliphatic rings. The topological polar surface area (TPSA) is 99.0 Å². The van der Waals surface area contributed by atoms with E-state index in [1.165, 1.54) is 0 Å². The van der Waals surface area contributed by atoms with Crippen molar-refractivity contribution in [3.05, 3.63) is 87.3 Å². The molecule has 1 unspecified atom stereocenters. The average molecular weight is 507 g/mol. The van der Waals surface area contributed by atoms with Crippen LogP contribution in [0, 0.1) is 6.92 Å². The first-order valence-corrected chi connectivity index (χ1v) is 12.6. The predicted molar refractivity (Wildman–Crippen MR) is 141 cm³/mol. The number of rotatable bonds is 12. The molecule has 0 fully saturated rings. The van der Waals surface area contributed by atoms with Crippen molar-refractivity contribution < 1.29 is 24.1 Å². The minimum atomic E-state index is -0.995. The fourth-order valence-electron chi connectivity index (χ4n) is 4.65. The maximum absolute atomic E-state index is 13.6. The van der Waals surface area contributed by atoms with Crippen LogP contribution in [0.15, 0.2) is 59.5 Å². The van der Waals surface area contributed by atoms with Crippen LogP contribution in [0.1, 0.15) is 60.5 Å². The van der Waals surface area contributed by atoms with Gasteiger partial charge in [-0.2, -0.15) is 0 Å². The molecule has 2 N–H and O–H groups in total. The van der Waals surface area contributed by atoms with Crippen LogP contribution in [-0.4, -0.2) is 36.1 Å². The first kappa shape index (κ1) is 26.3. The number of unbranched alkanes of at least 4 members (excludes halogenated alkanes) is 1. The van der Waals surface area contributed by atoms with Crippen molar-refractivity contribution in [3.63, 3.8) is 0 Å². The van der Waals surface area contributed by atoms with Crippen LogP contribution in [0.3, 0.4) is 0 Å². The molecule has 0 bridgehead atoms. The van der Waals surface area contributed by atoms with Crippen molar-refractivity contribution in [2.75, 3.05) is 20.4 Å². The summed E-state index contributed by atoms with van der Waals surface area (Å²) in [5.74, 6) is 0.909. The van der Waals surface area contributed by atoms with Crippen molar-refractivity contribution in [2.24, 2.45) is 0 Å². The number of carbonyl (C=O) groups is 1. The third-order valence-electron chi connectivity index (χ3n) is 6.63. The molecule has 1 aliphatic heterocycles. The zero-order chi connectivity index (χ0) is 26.4. The first-order valence-electron chi connectivity index (χ1n) is 12.6. The van der Waals surface area contributed by atoms with E-state index in [4.69, 9.17) is 14.2 Å². The molecule has 8 heteroatoms. The molecule has 3 aromatic rings. The highest BCUT2D eigenvalue weighted by molar-refractivity contribution is 5.76. The van der Waals surface area contributed by atoms with E-state index in [2.05, 4.69) is 12.2 Å². The maximum atomic E-state index is 13.6. The Kier molecular flexibility index (Phi) is 8.50. The van der Waals surface area contributed by atoms with Gasteiger partial charge in [0.2, 0.25) is 6.79 Å². The van der Waals surface area contributed by atoms with Crippen LogP contribution in [0.4, 0.5) is 0 Å². The van der Waals surface area contributed by atoms with E-state index in [1.54, 1.807) is 29.9 Å². The Morgan fingerprint density at radius 2 is 1.89 bits per heavy atom. The quantitative estimate of drug-likeness (QED) is 0.369. The van der Waals surface area contributed by atoms with Crippen molar-refractivity contribution in [2.45, 2.75) is 51.6 Å². The number of aliphatic carboxylic acids is 1. The van der Waals surface area contributed by atoms with Gasteiger partial charge in [0, 0.05) is 30.8 Å². The molecular formula is C29H34N2O6. The van der Waals surface area contributed by atoms with E-state index in [0.29, 0.717) is 35.6 Å². The lowest BCUT2D eigenvalue weighted by Crippen LogP contribution is -2.37. The van der Waals surface area contributed by atoms with Gasteiger partial charge in [0.1, 0.15) is 11.8 Å². The summed E-state index contributed by atoms with van der Waals surface area (Å²) in [7, 11) is 1.63. The molecular weight excluding hydrogens is 472 g/mol. The standard InChI is InChI=1S/C29H34N2O6/c1-4-5-6-23(16-30-27(29(33)34)21-9-12-25-26(15-21)37-18-36-25)31-17-19(2)13-22(28(31)32)14-20-7-10-24(35-3)11-8-20/h7-13,15,17,23,27,30H,4-6,14,16,18H2,1-3H3,(H,33,34)/t23?,27-/m1/s1. The van der Waals surface area contributed by atoms with Gasteiger partial charge in [0.25, 0.3) is 5.56 Å². The lowest BCUT2D eigenvalue weighted by atomic mass is 10.0. The van der Waals surface area contributed by atoms with Crippen LogP contribution in [-0.2, 0) is 11.2 Å². The van der Waals surface area contributed by atoms with E-state index < -0.39 is 12.0 Å². The summed E-state index contributed by atoms with van der Waals surface area (Å²) in [6.07, 6.45) is 5.02. The lowest BCUT2D eigenvalue weighted by molar-refractivity contribution is -0.139. The smallest absolute Gasteiger partial charge is 0.325 e. The molecule has 0 aliphatic carbocycles. The number of carboxylic acid groups (broad SMARTS) is 1. The second kappa shape index (κ2) is 12.0. The van der Waals surface area contributed by atoms with Crippen LogP contribution < -0.4 is 25.1 Å². The lowest BCUT2D eigenvalue weighted by Gasteiger charge is -2.24. The fraction of sp³-hybridized carbons (Fsp3) is 0.379. The van der Waals surface area contributed by atoms with E-state index in [1.807, 2.05) is 43.5 Å². The molecule has 37 heavy (non-hydrogen) atoms. The van der Waals surface area contributed by atoms with Gasteiger partial charge < -0.3 is 23.9 Å². The number of ether oxygens (including phenoxy) is 3. The minimum Gasteiger partial charge on any atom is -0.497 e. The Labute approximate surface area is 216 Å². The molecule has 0 spiro atoms. The minimum absolute atomic E-state index is 0.0562. The zero-order valence-corrected chi connectivity index (χ0v) is 21.5. The monoisotopic (exact) mass is 506 g/mol. The third kappa shape index (κ3) is 6.32. The number of fused-ring (bicyclic) bond motifs is 1. The molecule has 8 nitrogen and oxygen atoms in total. The number of aromatic nitrogens is 1. The van der Waals surface area contributed by atoms with E-state index in [-0.39, 0.29) is 18.4 Å². The Balaban J connectivity index is 1.58. The van der Waals surface area contributed by atoms with Crippen LogP contribution in [0.2, 0.25) is 0 Å². The summed E-state index contributed by atoms with van der Waals surface area (Å²) in [5.41, 5.74) is 3.22. The molecule has 4 rings (SSSR count). The Hall–Kier alpha value is -3.78. The molecule has 2 heterocycles. The van der Waals surface area contributed by atoms with E-state index in [9.17, 15) is 14.7 Å². The summed E-state index contributed by atoms with van der Waals surface area (Å²) < 4.78 is 17.8. The normalized spacial score (nSPS) is 13.8. The third-order valence-corrected chi connectivity index (χ3v) is 6.63. The molecule has 0 radical (unpaired) electrons. The number of nitrogens with one attached hydrogen (secondary N) is 1. The van der Waals surface area contributed by atoms with Gasteiger partial charge in [0.05, 0.1) is 7.11 Å². The Bertz CT molecular complexity index is 1280. The van der Waals surface area contributed by atoms with Crippen LogP contribution in [0.5, 0.6) is 17.2 Å². The maximum Gasteiger partial charge on any atom is 0.325 e. The predicted octanol–water partition coefficient (Wildman–Crippen LogP) is 4.63. The van der Waals surface area contributed by atoms with Gasteiger partial charge >= 0.3 is 5.97 Å². The number of methoxy groups -OCH3 is 1. The Morgan fingerprint density at radius 1 is 1.14 bits per heavy atom. The molecule has 2 aromatic carbocycles. The van der Waals surface area contributed by atoms with Gasteiger partial charge in [-0.15, -0.1) is 0 Å². The molecule has 0 amide bonds. The number of nitrogens with zero attached hydrogens (tertiary/aromatic N) is 1. The Morgan fingerprint density at radius 3 is 2.59 bits per heavy atom. The van der Waals surface area contributed by atoms with Crippen LogP contribution in [0.25, 0.3) is 0 Å². The molecule has 2 atom stereocenters. The highest BCUT2D eigenvalue weighted by atomic mass is 16.7. The second-order valence-corrected chi connectivity index (χ2v) is 9.37. The van der Waals surface area contributed by atoms with Gasteiger partial charge in [-0.25, -0.2) is 0 Å². The van der Waals surface area contributed by atoms with Crippen LogP contribution >= 0.6 is 0 Å². The summed E-state index contributed by atoms with van der Waals surface area (Å²) >= 11 is 0. The van der Waals surface area contributed by atoms with E-state index >= 15 is 0 Å². The van der Waals surface area contributed by atoms with Gasteiger partial charge in [-0.05, 0) is 60.4 Å². The van der Waals surface area contributed by atoms with Crippen molar-refractivity contribution >= 4 is 5.97 Å². The number of carboxylic acids is 1. The molecule has 0 saturated heterocycles. The van der Waals surface area contributed by atoms with E-state index in [0.717, 1.165) is 36.1 Å². The number of benzene rings is 2. The van der Waals surface area contributed by atoms with Crippen molar-refractivity contribution in [3.8, 4) is 17.2 Å². The molecule has 0 saturated carbocycles. The number of pyridine rings is 1. The van der Waals surface area contributed by atoms with Crippen molar-refractivity contribution in [1.82, 2.24) is 9.88 Å². The summed E-state index contributed by atoms with van der Waals surface area (Å²) in [6, 6.07) is 13.6. The summed E-state index contributed by atoms with van der Waals surface area (Å²) in [4.78, 5) is 25.8. The van der Waals surface area contributed by atoms with Gasteiger partial charge in [-0.3, -0.25) is 14.9 Å². The molecule has 196 valence electrons. The summed E-state index contributed by atoms with van der Waals surface area (Å²) in [6.45, 7) is 4.53. The highest BCUT2D eigenvalue weighted by Crippen LogP contribution is 2.34. The van der Waals surface area contributed by atoms with Gasteiger partial charge in [0.15, 0.2) is 11.5 Å².